The van der Waals surface area contributed by atoms with Crippen molar-refractivity contribution < 1.29 is 4.74 Å². The third-order valence-corrected chi connectivity index (χ3v) is 3.20. The Morgan fingerprint density at radius 2 is 2.62 bits per heavy atom. The molecule has 0 aromatic carbocycles. The molecular weight excluding hydrogens is 182 g/mol. The maximum Gasteiger partial charge on any atom is 0.0729 e. The first kappa shape index (κ1) is 9.19. The molecule has 2 nitrogen and oxygen atoms in total. The van der Waals surface area contributed by atoms with Crippen LogP contribution in [0.4, 0.5) is 0 Å². The van der Waals surface area contributed by atoms with E-state index >= 15 is 0 Å². The zero-order valence-corrected chi connectivity index (χ0v) is 8.69. The Hall–Kier alpha value is -0.380. The van der Waals surface area contributed by atoms with Crippen molar-refractivity contribution in [3.05, 3.63) is 21.9 Å². The van der Waals surface area contributed by atoms with Crippen LogP contribution in [0.15, 0.2) is 11.4 Å². The van der Waals surface area contributed by atoms with Gasteiger partial charge in [-0.2, -0.15) is 0 Å². The van der Waals surface area contributed by atoms with Crippen LogP contribution in [0.25, 0.3) is 0 Å². The van der Waals surface area contributed by atoms with Crippen LogP contribution in [0, 0.1) is 6.92 Å². The molecule has 0 amide bonds. The van der Waals surface area contributed by atoms with Gasteiger partial charge in [0.25, 0.3) is 0 Å². The number of aryl methyl sites for hydroxylation is 1. The lowest BCUT2D eigenvalue weighted by atomic mass is 10.3. The first-order valence-electron chi connectivity index (χ1n) is 4.71. The summed E-state index contributed by atoms with van der Waals surface area (Å²) >= 11 is 1.79. The van der Waals surface area contributed by atoms with Crippen molar-refractivity contribution in [1.82, 2.24) is 5.32 Å². The number of thiophene rings is 1. The van der Waals surface area contributed by atoms with Crippen LogP contribution in [0.3, 0.4) is 0 Å². The first-order valence-corrected chi connectivity index (χ1v) is 5.59. The molecule has 1 aromatic rings. The highest BCUT2D eigenvalue weighted by molar-refractivity contribution is 7.10. The van der Waals surface area contributed by atoms with Gasteiger partial charge < -0.3 is 10.1 Å². The molecule has 2 rings (SSSR count). The van der Waals surface area contributed by atoms with Gasteiger partial charge in [0.2, 0.25) is 0 Å². The van der Waals surface area contributed by atoms with Crippen LogP contribution in [-0.2, 0) is 11.3 Å². The Kier molecular flexibility index (Phi) is 2.98. The van der Waals surface area contributed by atoms with E-state index in [9.17, 15) is 0 Å². The van der Waals surface area contributed by atoms with Crippen molar-refractivity contribution >= 4 is 11.3 Å². The maximum atomic E-state index is 5.75. The molecule has 1 aliphatic heterocycles. The minimum Gasteiger partial charge on any atom is -0.372 e. The van der Waals surface area contributed by atoms with E-state index in [-0.39, 0.29) is 0 Å². The van der Waals surface area contributed by atoms with Crippen LogP contribution in [0.5, 0.6) is 0 Å². The van der Waals surface area contributed by atoms with E-state index in [0.717, 1.165) is 26.1 Å². The Labute approximate surface area is 82.9 Å². The summed E-state index contributed by atoms with van der Waals surface area (Å²) in [4.78, 5) is 1.36. The molecule has 1 aliphatic rings. The number of hydrogen-bond donors (Lipinski definition) is 1. The van der Waals surface area contributed by atoms with Crippen LogP contribution in [0.2, 0.25) is 0 Å². The van der Waals surface area contributed by atoms with Gasteiger partial charge in [-0.05, 0) is 36.9 Å². The third kappa shape index (κ3) is 2.53. The summed E-state index contributed by atoms with van der Waals surface area (Å²) in [6.45, 7) is 5.03. The van der Waals surface area contributed by atoms with Crippen molar-refractivity contribution in [1.29, 1.82) is 0 Å². The van der Waals surface area contributed by atoms with Gasteiger partial charge in [-0.15, -0.1) is 11.3 Å². The normalized spacial score (nSPS) is 22.4. The highest BCUT2D eigenvalue weighted by Gasteiger charge is 2.14. The fourth-order valence-corrected chi connectivity index (χ4v) is 2.25. The molecule has 0 saturated carbocycles. The lowest BCUT2D eigenvalue weighted by molar-refractivity contribution is 0.0544. The molecule has 2 heterocycles. The highest BCUT2D eigenvalue weighted by atomic mass is 32.1. The minimum absolute atomic E-state index is 0.431. The van der Waals surface area contributed by atoms with Gasteiger partial charge >= 0.3 is 0 Å². The average Bonchev–Trinajstić information content (AvgIpc) is 2.71. The van der Waals surface area contributed by atoms with E-state index in [2.05, 4.69) is 23.7 Å². The largest absolute Gasteiger partial charge is 0.372 e. The summed E-state index contributed by atoms with van der Waals surface area (Å²) in [6.07, 6.45) is 1.59. The van der Waals surface area contributed by atoms with E-state index in [0.29, 0.717) is 6.10 Å². The summed E-state index contributed by atoms with van der Waals surface area (Å²) in [6, 6.07) is 2.20. The molecule has 1 unspecified atom stereocenters. The predicted molar refractivity (Wildman–Crippen MR) is 55.1 cm³/mol. The van der Waals surface area contributed by atoms with E-state index < -0.39 is 0 Å². The second-order valence-electron chi connectivity index (χ2n) is 3.49. The minimum atomic E-state index is 0.431. The summed E-state index contributed by atoms with van der Waals surface area (Å²) in [5, 5.41) is 5.47. The van der Waals surface area contributed by atoms with Crippen molar-refractivity contribution in [2.75, 3.05) is 13.1 Å². The highest BCUT2D eigenvalue weighted by Crippen LogP contribution is 2.15. The number of ether oxygens (including phenoxy) is 1. The Bertz CT molecular complexity index is 266. The van der Waals surface area contributed by atoms with Gasteiger partial charge in [0.15, 0.2) is 0 Å². The van der Waals surface area contributed by atoms with Gasteiger partial charge in [0.05, 0.1) is 12.7 Å². The molecule has 1 saturated heterocycles. The maximum absolute atomic E-state index is 5.75. The van der Waals surface area contributed by atoms with Crippen molar-refractivity contribution in [3.63, 3.8) is 0 Å². The third-order valence-electron chi connectivity index (χ3n) is 2.29. The van der Waals surface area contributed by atoms with Gasteiger partial charge in [-0.3, -0.25) is 0 Å². The molecule has 0 bridgehead atoms. The molecule has 72 valence electrons. The Morgan fingerprint density at radius 1 is 1.69 bits per heavy atom. The van der Waals surface area contributed by atoms with Gasteiger partial charge in [-0.1, -0.05) is 0 Å². The quantitative estimate of drug-likeness (QED) is 0.799. The lowest BCUT2D eigenvalue weighted by Gasteiger charge is -2.08. The predicted octanol–water partition coefficient (Wildman–Crippen LogP) is 1.94. The van der Waals surface area contributed by atoms with Crippen LogP contribution in [-0.4, -0.2) is 19.2 Å². The smallest absolute Gasteiger partial charge is 0.0729 e. The number of nitrogens with one attached hydrogen (secondary N) is 1. The molecule has 0 radical (unpaired) electrons. The second-order valence-corrected chi connectivity index (χ2v) is 4.61. The van der Waals surface area contributed by atoms with E-state index in [1.54, 1.807) is 11.3 Å². The molecule has 1 N–H and O–H groups in total. The molecular formula is C10H15NOS. The van der Waals surface area contributed by atoms with Crippen LogP contribution >= 0.6 is 11.3 Å². The SMILES string of the molecule is Cc1cc(COC2CCNC2)cs1. The molecule has 0 aliphatic carbocycles. The standard InChI is InChI=1S/C10H15NOS/c1-8-4-9(7-13-8)6-12-10-2-3-11-5-10/h4,7,10-11H,2-3,5-6H2,1H3. The van der Waals surface area contributed by atoms with Crippen molar-refractivity contribution in [2.45, 2.75) is 26.1 Å². The second kappa shape index (κ2) is 4.22. The average molecular weight is 197 g/mol. The topological polar surface area (TPSA) is 21.3 Å². The van der Waals surface area contributed by atoms with Crippen molar-refractivity contribution in [2.24, 2.45) is 0 Å². The van der Waals surface area contributed by atoms with Crippen LogP contribution < -0.4 is 5.32 Å². The van der Waals surface area contributed by atoms with Gasteiger partial charge in [-0.25, -0.2) is 0 Å². The summed E-state index contributed by atoms with van der Waals surface area (Å²) in [7, 11) is 0. The number of hydrogen-bond acceptors (Lipinski definition) is 3. The summed E-state index contributed by atoms with van der Waals surface area (Å²) in [5.41, 5.74) is 1.31. The molecule has 3 heteroatoms. The van der Waals surface area contributed by atoms with Gasteiger partial charge in [0.1, 0.15) is 0 Å². The van der Waals surface area contributed by atoms with Crippen molar-refractivity contribution in [3.8, 4) is 0 Å². The van der Waals surface area contributed by atoms with E-state index in [1.807, 2.05) is 0 Å². The summed E-state index contributed by atoms with van der Waals surface area (Å²) in [5.74, 6) is 0. The zero-order chi connectivity index (χ0) is 9.10. The fourth-order valence-electron chi connectivity index (χ4n) is 1.56. The lowest BCUT2D eigenvalue weighted by Crippen LogP contribution is -2.16. The number of rotatable bonds is 3. The van der Waals surface area contributed by atoms with Crippen LogP contribution in [0.1, 0.15) is 16.9 Å². The molecule has 1 aromatic heterocycles. The molecule has 13 heavy (non-hydrogen) atoms. The molecule has 0 spiro atoms. The van der Waals surface area contributed by atoms with Gasteiger partial charge in [0, 0.05) is 11.4 Å². The fraction of sp³-hybridized carbons (Fsp3) is 0.600. The summed E-state index contributed by atoms with van der Waals surface area (Å²) < 4.78 is 5.75. The Morgan fingerprint density at radius 3 is 3.23 bits per heavy atom. The monoisotopic (exact) mass is 197 g/mol. The zero-order valence-electron chi connectivity index (χ0n) is 7.88. The molecule has 1 atom stereocenters. The molecule has 1 fully saturated rings. The first-order chi connectivity index (χ1) is 6.34. The van der Waals surface area contributed by atoms with E-state index in [4.69, 9.17) is 4.74 Å². The van der Waals surface area contributed by atoms with E-state index in [1.165, 1.54) is 10.4 Å². The Balaban J connectivity index is 1.78.